The normalized spacial score (nSPS) is 14.5. The molecule has 0 saturated carbocycles. The van der Waals surface area contributed by atoms with Gasteiger partial charge in [-0.05, 0) is 141 Å². The molecule has 17 nitrogen and oxygen atoms in total. The average Bonchev–Trinajstić information content (AvgIpc) is 0.923. The highest BCUT2D eigenvalue weighted by molar-refractivity contribution is 7.47. The predicted molar refractivity (Wildman–Crippen MR) is 418 cm³/mol. The molecule has 0 aliphatic rings. The molecule has 0 aromatic carbocycles. The molecule has 19 heteroatoms. The second-order valence-corrected chi connectivity index (χ2v) is 29.6. The first-order chi connectivity index (χ1) is 49.7. The summed E-state index contributed by atoms with van der Waals surface area (Å²) in [6.45, 7) is 4.72. The van der Waals surface area contributed by atoms with E-state index in [0.717, 1.165) is 141 Å². The molecule has 0 rings (SSSR count). The first-order valence-corrected chi connectivity index (χ1v) is 43.2. The molecule has 0 amide bonds. The summed E-state index contributed by atoms with van der Waals surface area (Å²) in [6, 6.07) is 0. The van der Waals surface area contributed by atoms with Gasteiger partial charge in [0.25, 0.3) is 0 Å². The number of phosphoric acid groups is 2. The Morgan fingerprint density at radius 2 is 0.520 bits per heavy atom. The van der Waals surface area contributed by atoms with Gasteiger partial charge in [-0.1, -0.05) is 278 Å². The number of aliphatic hydroxyl groups is 1. The Morgan fingerprint density at radius 3 is 0.873 bits per heavy atom. The van der Waals surface area contributed by atoms with Crippen molar-refractivity contribution < 1.29 is 80.2 Å². The number of aliphatic hydroxyl groups excluding tert-OH is 1. The summed E-state index contributed by atoms with van der Waals surface area (Å²) in [5.41, 5.74) is 0. The van der Waals surface area contributed by atoms with Gasteiger partial charge in [0, 0.05) is 25.7 Å². The lowest BCUT2D eigenvalue weighted by molar-refractivity contribution is -0.161. The largest absolute Gasteiger partial charge is 0.472 e. The van der Waals surface area contributed by atoms with Crippen LogP contribution in [0.25, 0.3) is 0 Å². The van der Waals surface area contributed by atoms with E-state index in [-0.39, 0.29) is 25.7 Å². The van der Waals surface area contributed by atoms with Crippen molar-refractivity contribution in [1.82, 2.24) is 0 Å². The van der Waals surface area contributed by atoms with E-state index in [9.17, 15) is 43.2 Å². The van der Waals surface area contributed by atoms with Crippen LogP contribution in [0.4, 0.5) is 0 Å². The molecule has 0 aromatic rings. The minimum Gasteiger partial charge on any atom is -0.462 e. The van der Waals surface area contributed by atoms with E-state index in [1.165, 1.54) is 109 Å². The third-order valence-electron chi connectivity index (χ3n) is 16.7. The molecule has 0 fully saturated rings. The van der Waals surface area contributed by atoms with Crippen molar-refractivity contribution >= 4 is 39.5 Å². The number of phosphoric ester groups is 2. The lowest BCUT2D eigenvalue weighted by Crippen LogP contribution is -2.30. The Balaban J connectivity index is 5.44. The Bertz CT molecular complexity index is 2360. The minimum atomic E-state index is -4.99. The molecule has 588 valence electrons. The quantitative estimate of drug-likeness (QED) is 0.0128. The van der Waals surface area contributed by atoms with Crippen LogP contribution in [0, 0.1) is 0 Å². The number of ether oxygens (including phenoxy) is 4. The molecular formula is C83H144O17P2. The number of hydrogen-bond acceptors (Lipinski definition) is 15. The molecule has 0 bridgehead atoms. The van der Waals surface area contributed by atoms with E-state index in [2.05, 4.69) is 125 Å². The smallest absolute Gasteiger partial charge is 0.462 e. The highest BCUT2D eigenvalue weighted by Crippen LogP contribution is 2.45. The Morgan fingerprint density at radius 1 is 0.284 bits per heavy atom. The maximum atomic E-state index is 13.1. The molecule has 5 atom stereocenters. The van der Waals surface area contributed by atoms with Crippen LogP contribution < -0.4 is 0 Å². The molecule has 2 unspecified atom stereocenters. The number of esters is 4. The van der Waals surface area contributed by atoms with Crippen LogP contribution in [0.1, 0.15) is 336 Å². The summed E-state index contributed by atoms with van der Waals surface area (Å²) in [6.07, 6.45) is 80.7. The van der Waals surface area contributed by atoms with Crippen LogP contribution >= 0.6 is 15.6 Å². The van der Waals surface area contributed by atoms with Gasteiger partial charge in [-0.2, -0.15) is 0 Å². The van der Waals surface area contributed by atoms with E-state index in [1.807, 2.05) is 12.2 Å². The molecule has 0 radical (unpaired) electrons. The molecule has 3 N–H and O–H groups in total. The topological polar surface area (TPSA) is 237 Å². The molecule has 0 spiro atoms. The van der Waals surface area contributed by atoms with Gasteiger partial charge in [0.1, 0.15) is 19.3 Å². The fraction of sp³-hybridized carbons (Fsp3) is 0.735. The number of rotatable bonds is 75. The Labute approximate surface area is 619 Å². The number of hydrogen-bond donors (Lipinski definition) is 3. The van der Waals surface area contributed by atoms with E-state index in [4.69, 9.17) is 37.0 Å². The summed E-state index contributed by atoms with van der Waals surface area (Å²) in [5, 5.41) is 10.6. The van der Waals surface area contributed by atoms with Gasteiger partial charge < -0.3 is 33.8 Å². The van der Waals surface area contributed by atoms with Gasteiger partial charge in [0.2, 0.25) is 0 Å². The minimum absolute atomic E-state index is 0.0644. The van der Waals surface area contributed by atoms with Gasteiger partial charge in [-0.15, -0.1) is 0 Å². The molecule has 0 aromatic heterocycles. The summed E-state index contributed by atoms with van der Waals surface area (Å²) < 4.78 is 68.5. The van der Waals surface area contributed by atoms with Gasteiger partial charge in [0.05, 0.1) is 26.4 Å². The first kappa shape index (κ1) is 97.7. The average molecular weight is 1480 g/mol. The lowest BCUT2D eigenvalue weighted by Gasteiger charge is -2.21. The number of carbonyl (C=O) groups excluding carboxylic acids is 4. The predicted octanol–water partition coefficient (Wildman–Crippen LogP) is 23.3. The molecular weight excluding hydrogens is 1330 g/mol. The van der Waals surface area contributed by atoms with Crippen molar-refractivity contribution in [2.75, 3.05) is 39.6 Å². The van der Waals surface area contributed by atoms with Crippen LogP contribution in [0.5, 0.6) is 0 Å². The van der Waals surface area contributed by atoms with Crippen LogP contribution in [-0.4, -0.2) is 96.7 Å². The second kappa shape index (κ2) is 75.0. The van der Waals surface area contributed by atoms with Crippen LogP contribution in [0.3, 0.4) is 0 Å². The third kappa shape index (κ3) is 74.0. The number of unbranched alkanes of at least 4 members (excludes halogenated alkanes) is 33. The van der Waals surface area contributed by atoms with Gasteiger partial charge in [-0.25, -0.2) is 9.13 Å². The zero-order chi connectivity index (χ0) is 74.6. The molecule has 0 aliphatic carbocycles. The molecule has 0 saturated heterocycles. The van der Waals surface area contributed by atoms with Gasteiger partial charge >= 0.3 is 39.5 Å². The molecule has 0 heterocycles. The number of allylic oxidation sites excluding steroid dienone is 18. The van der Waals surface area contributed by atoms with Crippen molar-refractivity contribution in [3.8, 4) is 0 Å². The molecule has 102 heavy (non-hydrogen) atoms. The van der Waals surface area contributed by atoms with Crippen molar-refractivity contribution in [3.05, 3.63) is 109 Å². The van der Waals surface area contributed by atoms with E-state index >= 15 is 0 Å². The molecule has 0 aliphatic heterocycles. The fourth-order valence-electron chi connectivity index (χ4n) is 10.5. The second-order valence-electron chi connectivity index (χ2n) is 26.7. The summed E-state index contributed by atoms with van der Waals surface area (Å²) in [7, 11) is -9.98. The Kier molecular flexibility index (Phi) is 71.8. The highest BCUT2D eigenvalue weighted by atomic mass is 31.2. The van der Waals surface area contributed by atoms with Crippen LogP contribution in [-0.2, 0) is 65.4 Å². The summed E-state index contributed by atoms with van der Waals surface area (Å²) in [4.78, 5) is 73.0. The van der Waals surface area contributed by atoms with E-state index < -0.39 is 97.5 Å². The van der Waals surface area contributed by atoms with Crippen molar-refractivity contribution in [3.63, 3.8) is 0 Å². The lowest BCUT2D eigenvalue weighted by atomic mass is 10.1. The zero-order valence-electron chi connectivity index (χ0n) is 64.3. The standard InChI is InChI=1S/C83H144O17P2/c1-5-9-13-17-21-25-29-33-37-38-42-44-48-52-56-60-64-68-81(86)94-74-79(100-83(88)70-66-62-58-54-50-46-41-36-32-28-24-20-16-12-8-4)76-98-102(91,92)96-72-77(84)71-95-101(89,90)97-75-78(99-82(87)69-65-61-57-53-49-45-40-35-31-27-23-19-15-11-7-3)73-93-80(85)67-63-59-55-51-47-43-39-34-30-26-22-18-14-10-6-2/h21,25-26,28,30,32-37,39-42,44,52,56,77-79,84H,5-20,22-24,27,29,31,38,43,45-51,53-55,57-76H2,1-4H3,(H,89,90)(H,91,92)/b25-21-,30-26-,32-28-,37-33-,39-34-,40-35-,41-36-,44-42-,56-52-/t77-,78+,79+/m0/s1. The van der Waals surface area contributed by atoms with Crippen LogP contribution in [0.2, 0.25) is 0 Å². The van der Waals surface area contributed by atoms with E-state index in [0.29, 0.717) is 32.1 Å². The number of carbonyl (C=O) groups is 4. The zero-order valence-corrected chi connectivity index (χ0v) is 66.0. The van der Waals surface area contributed by atoms with E-state index in [1.54, 1.807) is 0 Å². The third-order valence-corrected chi connectivity index (χ3v) is 18.6. The maximum absolute atomic E-state index is 13.1. The van der Waals surface area contributed by atoms with Gasteiger partial charge in [-0.3, -0.25) is 37.3 Å². The first-order valence-electron chi connectivity index (χ1n) is 40.2. The summed E-state index contributed by atoms with van der Waals surface area (Å²) >= 11 is 0. The van der Waals surface area contributed by atoms with Gasteiger partial charge in [0.15, 0.2) is 12.2 Å². The summed E-state index contributed by atoms with van der Waals surface area (Å²) in [5.74, 6) is -2.27. The van der Waals surface area contributed by atoms with Crippen LogP contribution in [0.15, 0.2) is 109 Å². The Hall–Kier alpha value is -4.28. The highest BCUT2D eigenvalue weighted by Gasteiger charge is 2.30. The SMILES string of the molecule is CCCCC/C=C\C/C=C\C/C=C\C/C=C\CCCC(=O)OC[C@H](COP(=O)(O)OC[C@@H](O)COP(=O)(O)OC[C@@H](COC(=O)CCCCCCC/C=C\C=C/CCCCCC)OC(=O)CCCCCCC/C=C\CCCCCCCC)OC(=O)CCCCCCC/C=C\C=C/CCCCCC. The monoisotopic (exact) mass is 1470 g/mol. The van der Waals surface area contributed by atoms with Crippen molar-refractivity contribution in [2.24, 2.45) is 0 Å². The van der Waals surface area contributed by atoms with Crippen molar-refractivity contribution in [2.45, 2.75) is 354 Å². The maximum Gasteiger partial charge on any atom is 0.472 e. The fourth-order valence-corrected chi connectivity index (χ4v) is 12.1. The van der Waals surface area contributed by atoms with Crippen molar-refractivity contribution in [1.29, 1.82) is 0 Å².